The van der Waals surface area contributed by atoms with Gasteiger partial charge in [0.1, 0.15) is 11.6 Å². The number of fused-ring (bicyclic) bond motifs is 1. The number of nitrogens with one attached hydrogen (secondary N) is 1. The fourth-order valence-electron chi connectivity index (χ4n) is 2.83. The average Bonchev–Trinajstić information content (AvgIpc) is 3.19. The van der Waals surface area contributed by atoms with Crippen molar-refractivity contribution in [2.45, 2.75) is 26.7 Å². The van der Waals surface area contributed by atoms with Crippen LogP contribution < -0.4 is 5.32 Å². The van der Waals surface area contributed by atoms with Crippen LogP contribution in [0, 0.1) is 6.92 Å². The molecule has 25 heavy (non-hydrogen) atoms. The predicted octanol–water partition coefficient (Wildman–Crippen LogP) is 5.16. The third-order valence-electron chi connectivity index (χ3n) is 4.22. The minimum atomic E-state index is 0.510. The van der Waals surface area contributed by atoms with Crippen LogP contribution in [0.2, 0.25) is 0 Å². The summed E-state index contributed by atoms with van der Waals surface area (Å²) in [5.74, 6) is 3.56. The molecule has 126 valence electrons. The monoisotopic (exact) mass is 332 g/mol. The van der Waals surface area contributed by atoms with Gasteiger partial charge < -0.3 is 9.73 Å². The highest BCUT2D eigenvalue weighted by Gasteiger charge is 2.17. The molecule has 0 saturated carbocycles. The highest BCUT2D eigenvalue weighted by Crippen LogP contribution is 2.32. The molecule has 0 unspecified atom stereocenters. The molecule has 0 radical (unpaired) electrons. The second-order valence-corrected chi connectivity index (χ2v) is 6.41. The Bertz CT molecular complexity index is 1010. The van der Waals surface area contributed by atoms with E-state index in [4.69, 9.17) is 4.42 Å². The molecule has 0 atom stereocenters. The Kier molecular flexibility index (Phi) is 3.76. The molecule has 0 aliphatic carbocycles. The average molecular weight is 332 g/mol. The summed E-state index contributed by atoms with van der Waals surface area (Å²) in [6, 6.07) is 14.2. The van der Waals surface area contributed by atoms with E-state index in [1.54, 1.807) is 6.20 Å². The third kappa shape index (κ3) is 2.89. The maximum absolute atomic E-state index is 5.78. The lowest BCUT2D eigenvalue weighted by Gasteiger charge is -2.10. The zero-order valence-corrected chi connectivity index (χ0v) is 14.5. The largest absolute Gasteiger partial charge is 0.460 e. The molecule has 0 aliphatic heterocycles. The van der Waals surface area contributed by atoms with Crippen LogP contribution in [0.4, 0.5) is 11.5 Å². The first-order valence-electron chi connectivity index (χ1n) is 8.38. The Hall–Kier alpha value is -3.08. The number of hydrogen-bond donors (Lipinski definition) is 1. The van der Waals surface area contributed by atoms with Gasteiger partial charge in [-0.2, -0.15) is 0 Å². The number of benzene rings is 1. The summed E-state index contributed by atoms with van der Waals surface area (Å²) in [5.41, 5.74) is 3.06. The third-order valence-corrected chi connectivity index (χ3v) is 4.22. The number of imidazole rings is 1. The first kappa shape index (κ1) is 15.4. The summed E-state index contributed by atoms with van der Waals surface area (Å²) in [4.78, 5) is 8.98. The number of furan rings is 1. The molecule has 0 fully saturated rings. The van der Waals surface area contributed by atoms with E-state index in [9.17, 15) is 0 Å². The van der Waals surface area contributed by atoms with Gasteiger partial charge in [-0.3, -0.25) is 4.40 Å². The van der Waals surface area contributed by atoms with Gasteiger partial charge in [-0.1, -0.05) is 26.0 Å². The number of aromatic nitrogens is 3. The molecule has 0 bridgehead atoms. The van der Waals surface area contributed by atoms with Crippen molar-refractivity contribution in [3.8, 4) is 11.5 Å². The molecule has 4 aromatic rings. The molecule has 0 amide bonds. The Morgan fingerprint density at radius 2 is 1.88 bits per heavy atom. The van der Waals surface area contributed by atoms with Crippen molar-refractivity contribution in [2.75, 3.05) is 5.32 Å². The van der Waals surface area contributed by atoms with Crippen LogP contribution >= 0.6 is 0 Å². The van der Waals surface area contributed by atoms with E-state index in [-0.39, 0.29) is 0 Å². The Morgan fingerprint density at radius 3 is 2.56 bits per heavy atom. The van der Waals surface area contributed by atoms with E-state index in [2.05, 4.69) is 53.4 Å². The van der Waals surface area contributed by atoms with Crippen LogP contribution in [-0.2, 0) is 0 Å². The molecule has 1 N–H and O–H groups in total. The molecule has 3 heterocycles. The summed E-state index contributed by atoms with van der Waals surface area (Å²) >= 11 is 0. The van der Waals surface area contributed by atoms with Crippen molar-refractivity contribution in [1.82, 2.24) is 14.4 Å². The van der Waals surface area contributed by atoms with Gasteiger partial charge in [-0.15, -0.1) is 0 Å². The van der Waals surface area contributed by atoms with Crippen LogP contribution in [0.1, 0.15) is 31.1 Å². The molecule has 5 nitrogen and oxygen atoms in total. The Balaban J connectivity index is 1.79. The summed E-state index contributed by atoms with van der Waals surface area (Å²) in [6.45, 7) is 6.31. The van der Waals surface area contributed by atoms with Gasteiger partial charge in [0.25, 0.3) is 0 Å². The van der Waals surface area contributed by atoms with Crippen LogP contribution in [-0.4, -0.2) is 14.4 Å². The zero-order valence-electron chi connectivity index (χ0n) is 14.5. The van der Waals surface area contributed by atoms with Crippen LogP contribution in [0.25, 0.3) is 17.2 Å². The maximum atomic E-state index is 5.78. The minimum Gasteiger partial charge on any atom is -0.460 e. The summed E-state index contributed by atoms with van der Waals surface area (Å²) in [6.07, 6.45) is 3.68. The van der Waals surface area contributed by atoms with Crippen molar-refractivity contribution in [1.29, 1.82) is 0 Å². The lowest BCUT2D eigenvalue weighted by atomic mass is 10.0. The number of rotatable bonds is 4. The van der Waals surface area contributed by atoms with Crippen molar-refractivity contribution in [3.63, 3.8) is 0 Å². The standard InChI is InChI=1S/C20H20N4O/c1-13(2)15-6-8-16(9-7-15)22-19-18(17-10-5-14(3)25-17)23-20-21-11-4-12-24(19)20/h4-13,22H,1-3H3. The zero-order chi connectivity index (χ0) is 17.4. The van der Waals surface area contributed by atoms with Crippen LogP contribution in [0.15, 0.2) is 59.3 Å². The van der Waals surface area contributed by atoms with Crippen molar-refractivity contribution < 1.29 is 4.42 Å². The van der Waals surface area contributed by atoms with Crippen LogP contribution in [0.5, 0.6) is 0 Å². The second-order valence-electron chi connectivity index (χ2n) is 6.41. The quantitative estimate of drug-likeness (QED) is 0.560. The number of nitrogens with zero attached hydrogens (tertiary/aromatic N) is 3. The van der Waals surface area contributed by atoms with Gasteiger partial charge in [-0.25, -0.2) is 9.97 Å². The van der Waals surface area contributed by atoms with E-state index < -0.39 is 0 Å². The molecule has 0 aliphatic rings. The second kappa shape index (κ2) is 6.09. The van der Waals surface area contributed by atoms with E-state index in [0.29, 0.717) is 11.7 Å². The van der Waals surface area contributed by atoms with Crippen molar-refractivity contribution >= 4 is 17.3 Å². The predicted molar refractivity (Wildman–Crippen MR) is 99.2 cm³/mol. The molecule has 5 heteroatoms. The fraction of sp³-hybridized carbons (Fsp3) is 0.200. The molecule has 4 rings (SSSR count). The molecule has 1 aromatic carbocycles. The highest BCUT2D eigenvalue weighted by atomic mass is 16.3. The van der Waals surface area contributed by atoms with Gasteiger partial charge in [0, 0.05) is 18.1 Å². The van der Waals surface area contributed by atoms with Crippen LogP contribution in [0.3, 0.4) is 0 Å². The highest BCUT2D eigenvalue weighted by molar-refractivity contribution is 5.76. The molecular weight excluding hydrogens is 312 g/mol. The van der Waals surface area contributed by atoms with Gasteiger partial charge in [0.2, 0.25) is 5.78 Å². The SMILES string of the molecule is Cc1ccc(-c2nc3ncccn3c2Nc2ccc(C(C)C)cc2)o1. The van der Waals surface area contributed by atoms with Gasteiger partial charge in [0.15, 0.2) is 11.5 Å². The number of hydrogen-bond acceptors (Lipinski definition) is 4. The molecule has 3 aromatic heterocycles. The van der Waals surface area contributed by atoms with Gasteiger partial charge in [-0.05, 0) is 48.7 Å². The van der Waals surface area contributed by atoms with Gasteiger partial charge in [0.05, 0.1) is 0 Å². The van der Waals surface area contributed by atoms with E-state index in [0.717, 1.165) is 28.7 Å². The van der Waals surface area contributed by atoms with E-state index in [1.165, 1.54) is 5.56 Å². The van der Waals surface area contributed by atoms with Crippen molar-refractivity contribution in [3.05, 3.63) is 66.2 Å². The van der Waals surface area contributed by atoms with E-state index in [1.807, 2.05) is 35.7 Å². The normalized spacial score (nSPS) is 11.4. The first-order chi connectivity index (χ1) is 12.1. The number of aryl methyl sites for hydroxylation is 1. The molecule has 0 spiro atoms. The van der Waals surface area contributed by atoms with Crippen molar-refractivity contribution in [2.24, 2.45) is 0 Å². The van der Waals surface area contributed by atoms with Gasteiger partial charge >= 0.3 is 0 Å². The lowest BCUT2D eigenvalue weighted by molar-refractivity contribution is 0.547. The Labute approximate surface area is 146 Å². The summed E-state index contributed by atoms with van der Waals surface area (Å²) in [5, 5.41) is 3.47. The lowest BCUT2D eigenvalue weighted by Crippen LogP contribution is -1.97. The number of anilines is 2. The fourth-order valence-corrected chi connectivity index (χ4v) is 2.83. The van der Waals surface area contributed by atoms with E-state index >= 15 is 0 Å². The molecule has 0 saturated heterocycles. The minimum absolute atomic E-state index is 0.510. The maximum Gasteiger partial charge on any atom is 0.236 e. The smallest absolute Gasteiger partial charge is 0.236 e. The molecular formula is C20H20N4O. The summed E-state index contributed by atoms with van der Waals surface area (Å²) in [7, 11) is 0. The summed E-state index contributed by atoms with van der Waals surface area (Å²) < 4.78 is 7.72. The Morgan fingerprint density at radius 1 is 1.08 bits per heavy atom. The topological polar surface area (TPSA) is 55.4 Å². The first-order valence-corrected chi connectivity index (χ1v) is 8.38.